The molecule has 1 aromatic carbocycles. The molecular formula is C13H17ClN2O3. The second kappa shape index (κ2) is 7.11. The Kier molecular flexibility index (Phi) is 5.79. The summed E-state index contributed by atoms with van der Waals surface area (Å²) in [5.74, 6) is -0.444. The summed E-state index contributed by atoms with van der Waals surface area (Å²) in [6, 6.07) is 6.75. The average Bonchev–Trinajstić information content (AvgIpc) is 2.38. The van der Waals surface area contributed by atoms with Crippen LogP contribution in [0.5, 0.6) is 0 Å². The molecule has 19 heavy (non-hydrogen) atoms. The lowest BCUT2D eigenvalue weighted by Crippen LogP contribution is -2.45. The number of hydrogen-bond donors (Lipinski definition) is 2. The van der Waals surface area contributed by atoms with E-state index < -0.39 is 18.0 Å². The standard InChI is InChI=1S/C13H17ClN2O3/c1-8(10-5-4-6-11(14)7-10)15-9(2)12(17)16-13(18)19-3/h4-9,15H,1-3H3,(H,16,17,18)/t8-,9-/m0/s1. The summed E-state index contributed by atoms with van der Waals surface area (Å²) in [4.78, 5) is 22.6. The normalized spacial score (nSPS) is 13.5. The maximum absolute atomic E-state index is 11.6. The maximum Gasteiger partial charge on any atom is 0.413 e. The number of benzene rings is 1. The van der Waals surface area contributed by atoms with Crippen molar-refractivity contribution in [2.75, 3.05) is 7.11 Å². The Morgan fingerprint density at radius 1 is 1.32 bits per heavy atom. The summed E-state index contributed by atoms with van der Waals surface area (Å²) in [6.07, 6.45) is -0.769. The number of methoxy groups -OCH3 is 1. The molecular weight excluding hydrogens is 268 g/mol. The van der Waals surface area contributed by atoms with E-state index in [4.69, 9.17) is 11.6 Å². The quantitative estimate of drug-likeness (QED) is 0.890. The minimum absolute atomic E-state index is 0.0721. The number of rotatable bonds is 4. The van der Waals surface area contributed by atoms with Crippen molar-refractivity contribution < 1.29 is 14.3 Å². The Morgan fingerprint density at radius 3 is 2.58 bits per heavy atom. The van der Waals surface area contributed by atoms with Gasteiger partial charge in [0, 0.05) is 11.1 Å². The molecule has 0 aliphatic carbocycles. The molecule has 1 rings (SSSR count). The summed E-state index contributed by atoms with van der Waals surface area (Å²) in [5.41, 5.74) is 0.963. The first-order valence-electron chi connectivity index (χ1n) is 5.84. The molecule has 0 aromatic heterocycles. The molecule has 2 atom stereocenters. The third-order valence-corrected chi connectivity index (χ3v) is 2.89. The van der Waals surface area contributed by atoms with Gasteiger partial charge in [0.05, 0.1) is 13.2 Å². The second-order valence-corrected chi connectivity index (χ2v) is 4.58. The van der Waals surface area contributed by atoms with E-state index >= 15 is 0 Å². The lowest BCUT2D eigenvalue weighted by Gasteiger charge is -2.19. The summed E-state index contributed by atoms with van der Waals surface area (Å²) in [7, 11) is 1.20. The van der Waals surface area contributed by atoms with Crippen LogP contribution in [0, 0.1) is 0 Å². The summed E-state index contributed by atoms with van der Waals surface area (Å²) >= 11 is 5.91. The van der Waals surface area contributed by atoms with Crippen molar-refractivity contribution in [1.29, 1.82) is 0 Å². The topological polar surface area (TPSA) is 67.4 Å². The SMILES string of the molecule is COC(=O)NC(=O)[C@H](C)N[C@@H](C)c1cccc(Cl)c1. The Labute approximate surface area is 117 Å². The van der Waals surface area contributed by atoms with E-state index in [9.17, 15) is 9.59 Å². The van der Waals surface area contributed by atoms with E-state index in [1.807, 2.05) is 25.1 Å². The van der Waals surface area contributed by atoms with Crippen LogP contribution in [0.15, 0.2) is 24.3 Å². The highest BCUT2D eigenvalue weighted by Gasteiger charge is 2.18. The lowest BCUT2D eigenvalue weighted by atomic mass is 10.1. The van der Waals surface area contributed by atoms with Gasteiger partial charge in [0.2, 0.25) is 5.91 Å². The second-order valence-electron chi connectivity index (χ2n) is 4.15. The minimum Gasteiger partial charge on any atom is -0.453 e. The van der Waals surface area contributed by atoms with Crippen LogP contribution in [0.25, 0.3) is 0 Å². The molecule has 2 amide bonds. The van der Waals surface area contributed by atoms with E-state index in [0.29, 0.717) is 5.02 Å². The fraction of sp³-hybridized carbons (Fsp3) is 0.385. The Morgan fingerprint density at radius 2 is 2.00 bits per heavy atom. The monoisotopic (exact) mass is 284 g/mol. The lowest BCUT2D eigenvalue weighted by molar-refractivity contribution is -0.122. The van der Waals surface area contributed by atoms with E-state index in [0.717, 1.165) is 5.56 Å². The molecule has 0 saturated carbocycles. The number of ether oxygens (including phenoxy) is 1. The third-order valence-electron chi connectivity index (χ3n) is 2.65. The van der Waals surface area contributed by atoms with Gasteiger partial charge in [-0.1, -0.05) is 23.7 Å². The highest BCUT2D eigenvalue weighted by molar-refractivity contribution is 6.30. The molecule has 0 aliphatic heterocycles. The van der Waals surface area contributed by atoms with Crippen LogP contribution in [0.2, 0.25) is 5.02 Å². The number of hydrogen-bond acceptors (Lipinski definition) is 4. The third kappa shape index (κ3) is 4.89. The van der Waals surface area contributed by atoms with E-state index in [1.54, 1.807) is 13.0 Å². The fourth-order valence-electron chi connectivity index (χ4n) is 1.58. The minimum atomic E-state index is -0.769. The van der Waals surface area contributed by atoms with Gasteiger partial charge < -0.3 is 4.74 Å². The maximum atomic E-state index is 11.6. The molecule has 0 heterocycles. The Bertz CT molecular complexity index is 465. The molecule has 1 aromatic rings. The zero-order valence-corrected chi connectivity index (χ0v) is 11.8. The molecule has 0 spiro atoms. The van der Waals surface area contributed by atoms with Gasteiger partial charge in [-0.25, -0.2) is 4.79 Å². The van der Waals surface area contributed by atoms with E-state index in [2.05, 4.69) is 15.4 Å². The molecule has 104 valence electrons. The van der Waals surface area contributed by atoms with Crippen LogP contribution in [-0.4, -0.2) is 25.2 Å². The van der Waals surface area contributed by atoms with Crippen molar-refractivity contribution >= 4 is 23.6 Å². The molecule has 0 unspecified atom stereocenters. The number of nitrogens with one attached hydrogen (secondary N) is 2. The molecule has 5 nitrogen and oxygen atoms in total. The molecule has 0 aliphatic rings. The number of halogens is 1. The first kappa shape index (κ1) is 15.5. The fourth-order valence-corrected chi connectivity index (χ4v) is 1.78. The van der Waals surface area contributed by atoms with Crippen molar-refractivity contribution in [3.63, 3.8) is 0 Å². The number of alkyl carbamates (subject to hydrolysis) is 1. The predicted octanol–water partition coefficient (Wildman–Crippen LogP) is 2.26. The zero-order chi connectivity index (χ0) is 14.4. The molecule has 0 saturated heterocycles. The number of imide groups is 1. The molecule has 6 heteroatoms. The first-order chi connectivity index (χ1) is 8.93. The zero-order valence-electron chi connectivity index (χ0n) is 11.1. The summed E-state index contributed by atoms with van der Waals surface area (Å²) in [5, 5.41) is 5.82. The van der Waals surface area contributed by atoms with E-state index in [-0.39, 0.29) is 6.04 Å². The summed E-state index contributed by atoms with van der Waals surface area (Å²) in [6.45, 7) is 3.58. The average molecular weight is 285 g/mol. The Balaban J connectivity index is 2.58. The smallest absolute Gasteiger partial charge is 0.413 e. The van der Waals surface area contributed by atoms with Crippen LogP contribution in [0.1, 0.15) is 25.5 Å². The van der Waals surface area contributed by atoms with Gasteiger partial charge in [-0.15, -0.1) is 0 Å². The highest BCUT2D eigenvalue weighted by atomic mass is 35.5. The molecule has 0 radical (unpaired) electrons. The highest BCUT2D eigenvalue weighted by Crippen LogP contribution is 2.17. The van der Waals surface area contributed by atoms with Crippen molar-refractivity contribution in [2.24, 2.45) is 0 Å². The molecule has 0 fully saturated rings. The van der Waals surface area contributed by atoms with Crippen LogP contribution >= 0.6 is 11.6 Å². The number of carbonyl (C=O) groups excluding carboxylic acids is 2. The largest absolute Gasteiger partial charge is 0.453 e. The van der Waals surface area contributed by atoms with Crippen molar-refractivity contribution in [2.45, 2.75) is 25.9 Å². The van der Waals surface area contributed by atoms with Gasteiger partial charge in [-0.05, 0) is 31.5 Å². The number of amides is 2. The van der Waals surface area contributed by atoms with Gasteiger partial charge in [0.15, 0.2) is 0 Å². The summed E-state index contributed by atoms with van der Waals surface area (Å²) < 4.78 is 4.36. The van der Waals surface area contributed by atoms with Crippen LogP contribution in [-0.2, 0) is 9.53 Å². The molecule has 0 bridgehead atoms. The number of carbonyl (C=O) groups is 2. The van der Waals surface area contributed by atoms with Crippen molar-refractivity contribution in [1.82, 2.24) is 10.6 Å². The van der Waals surface area contributed by atoms with Gasteiger partial charge in [-0.3, -0.25) is 15.4 Å². The van der Waals surface area contributed by atoms with Gasteiger partial charge in [0.25, 0.3) is 0 Å². The van der Waals surface area contributed by atoms with Crippen LogP contribution in [0.4, 0.5) is 4.79 Å². The van der Waals surface area contributed by atoms with Crippen LogP contribution in [0.3, 0.4) is 0 Å². The van der Waals surface area contributed by atoms with Gasteiger partial charge in [-0.2, -0.15) is 0 Å². The van der Waals surface area contributed by atoms with Crippen molar-refractivity contribution in [3.05, 3.63) is 34.9 Å². The van der Waals surface area contributed by atoms with Crippen molar-refractivity contribution in [3.8, 4) is 0 Å². The predicted molar refractivity (Wildman–Crippen MR) is 73.0 cm³/mol. The first-order valence-corrected chi connectivity index (χ1v) is 6.22. The van der Waals surface area contributed by atoms with Crippen LogP contribution < -0.4 is 10.6 Å². The van der Waals surface area contributed by atoms with Gasteiger partial charge in [0.1, 0.15) is 0 Å². The van der Waals surface area contributed by atoms with E-state index in [1.165, 1.54) is 7.11 Å². The molecule has 2 N–H and O–H groups in total. The Hall–Kier alpha value is -1.59. The van der Waals surface area contributed by atoms with Gasteiger partial charge >= 0.3 is 6.09 Å².